The highest BCUT2D eigenvalue weighted by atomic mass is 32.1. The molecule has 2 aromatic rings. The molecule has 3 heterocycles. The van der Waals surface area contributed by atoms with Gasteiger partial charge in [-0.25, -0.2) is 9.59 Å². The van der Waals surface area contributed by atoms with Gasteiger partial charge < -0.3 is 10.2 Å². The number of nitrogens with zero attached hydrogens (tertiary/aromatic N) is 3. The first-order chi connectivity index (χ1) is 14.1. The second kappa shape index (κ2) is 7.14. The van der Waals surface area contributed by atoms with Crippen molar-refractivity contribution >= 4 is 27.6 Å². The SMILES string of the molecule is CCc1c(CN2CCNC2=O)sc2c1c(=O)n(C1(C)CC1)c(=O)n2CCC(F)(F)F. The molecule has 11 heteroatoms. The van der Waals surface area contributed by atoms with E-state index < -0.39 is 35.9 Å². The van der Waals surface area contributed by atoms with Crippen molar-refractivity contribution in [1.29, 1.82) is 0 Å². The topological polar surface area (TPSA) is 76.3 Å². The van der Waals surface area contributed by atoms with Gasteiger partial charge in [-0.3, -0.25) is 13.9 Å². The molecule has 1 aliphatic heterocycles. The molecule has 0 spiro atoms. The van der Waals surface area contributed by atoms with E-state index in [0.29, 0.717) is 43.3 Å². The van der Waals surface area contributed by atoms with Crippen molar-refractivity contribution in [2.24, 2.45) is 0 Å². The minimum atomic E-state index is -4.42. The molecule has 0 unspecified atom stereocenters. The normalized spacial score (nSPS) is 18.3. The lowest BCUT2D eigenvalue weighted by molar-refractivity contribution is -0.136. The van der Waals surface area contributed by atoms with Gasteiger partial charge in [-0.15, -0.1) is 11.3 Å². The number of nitrogens with one attached hydrogen (secondary N) is 1. The summed E-state index contributed by atoms with van der Waals surface area (Å²) >= 11 is 1.14. The number of aromatic nitrogens is 2. The number of aryl methyl sites for hydroxylation is 2. The standard InChI is InChI=1S/C19H23F3N4O3S/c1-3-11-12(10-24-9-7-23-16(24)28)30-15-13(11)14(27)26(18(2)4-5-18)17(29)25(15)8-6-19(20,21)22/h3-10H2,1-2H3,(H,23,28). The van der Waals surface area contributed by atoms with Gasteiger partial charge in [-0.2, -0.15) is 13.2 Å². The molecule has 2 fully saturated rings. The number of alkyl halides is 3. The number of hydrogen-bond acceptors (Lipinski definition) is 4. The van der Waals surface area contributed by atoms with Crippen molar-refractivity contribution in [3.63, 3.8) is 0 Å². The third-order valence-corrected chi connectivity index (χ3v) is 7.16. The van der Waals surface area contributed by atoms with Crippen LogP contribution in [0.4, 0.5) is 18.0 Å². The number of rotatable bonds is 6. The smallest absolute Gasteiger partial charge is 0.336 e. The highest BCUT2D eigenvalue weighted by Gasteiger charge is 2.43. The van der Waals surface area contributed by atoms with Crippen LogP contribution in [0.5, 0.6) is 0 Å². The maximum atomic E-state index is 13.3. The average Bonchev–Trinajstić information content (AvgIpc) is 3.09. The minimum absolute atomic E-state index is 0.216. The van der Waals surface area contributed by atoms with Crippen molar-refractivity contribution in [1.82, 2.24) is 19.4 Å². The van der Waals surface area contributed by atoms with E-state index in [4.69, 9.17) is 0 Å². The lowest BCUT2D eigenvalue weighted by Gasteiger charge is -2.17. The quantitative estimate of drug-likeness (QED) is 0.745. The van der Waals surface area contributed by atoms with E-state index in [2.05, 4.69) is 5.32 Å². The average molecular weight is 444 g/mol. The fourth-order valence-electron chi connectivity index (χ4n) is 3.97. The number of urea groups is 1. The Bertz CT molecular complexity index is 1130. The molecule has 2 aromatic heterocycles. The number of fused-ring (bicyclic) bond motifs is 1. The van der Waals surface area contributed by atoms with Crippen molar-refractivity contribution in [2.45, 2.75) is 64.3 Å². The third-order valence-electron chi connectivity index (χ3n) is 5.92. The summed E-state index contributed by atoms with van der Waals surface area (Å²) in [5, 5.41) is 3.02. The lowest BCUT2D eigenvalue weighted by Crippen LogP contribution is -2.45. The van der Waals surface area contributed by atoms with Crippen LogP contribution >= 0.6 is 11.3 Å². The predicted octanol–water partition coefficient (Wildman–Crippen LogP) is 2.77. The van der Waals surface area contributed by atoms with Crippen LogP contribution in [0.2, 0.25) is 0 Å². The van der Waals surface area contributed by atoms with E-state index in [9.17, 15) is 27.6 Å². The number of carbonyl (C=O) groups is 1. The van der Waals surface area contributed by atoms with Crippen LogP contribution in [0.1, 0.15) is 43.6 Å². The Morgan fingerprint density at radius 2 is 1.90 bits per heavy atom. The molecule has 7 nitrogen and oxygen atoms in total. The molecule has 1 aliphatic carbocycles. The van der Waals surface area contributed by atoms with Crippen LogP contribution in [0, 0.1) is 0 Å². The zero-order chi connectivity index (χ0) is 21.8. The van der Waals surface area contributed by atoms with Gasteiger partial charge in [-0.05, 0) is 31.7 Å². The number of carbonyl (C=O) groups excluding carboxylic acids is 1. The summed E-state index contributed by atoms with van der Waals surface area (Å²) in [4.78, 5) is 41.0. The highest BCUT2D eigenvalue weighted by molar-refractivity contribution is 7.18. The van der Waals surface area contributed by atoms with Gasteiger partial charge in [-0.1, -0.05) is 6.92 Å². The Balaban J connectivity index is 1.92. The van der Waals surface area contributed by atoms with E-state index in [0.717, 1.165) is 25.3 Å². The Hall–Kier alpha value is -2.30. The molecule has 2 aliphatic rings. The Morgan fingerprint density at radius 3 is 2.43 bits per heavy atom. The summed E-state index contributed by atoms with van der Waals surface area (Å²) in [6.45, 7) is 4.40. The second-order valence-corrected chi connectivity index (χ2v) is 9.21. The molecule has 1 saturated heterocycles. The van der Waals surface area contributed by atoms with Crippen molar-refractivity contribution in [3.8, 4) is 0 Å². The van der Waals surface area contributed by atoms with Gasteiger partial charge in [0.1, 0.15) is 4.83 Å². The highest BCUT2D eigenvalue weighted by Crippen LogP contribution is 2.41. The van der Waals surface area contributed by atoms with E-state index in [1.165, 1.54) is 0 Å². The Labute approximate surface area is 174 Å². The van der Waals surface area contributed by atoms with Crippen LogP contribution in [-0.2, 0) is 25.0 Å². The summed E-state index contributed by atoms with van der Waals surface area (Å²) in [7, 11) is 0. The van der Waals surface area contributed by atoms with Crippen LogP contribution < -0.4 is 16.6 Å². The van der Waals surface area contributed by atoms with Crippen molar-refractivity contribution in [2.75, 3.05) is 13.1 Å². The molecule has 0 radical (unpaired) electrons. The summed E-state index contributed by atoms with van der Waals surface area (Å²) in [6.07, 6.45) is -3.81. The molecule has 0 aromatic carbocycles. The van der Waals surface area contributed by atoms with Gasteiger partial charge in [0.15, 0.2) is 0 Å². The molecule has 2 amide bonds. The first-order valence-electron chi connectivity index (χ1n) is 9.96. The van der Waals surface area contributed by atoms with Crippen LogP contribution in [-0.4, -0.2) is 39.3 Å². The molecular formula is C19H23F3N4O3S. The van der Waals surface area contributed by atoms with E-state index in [-0.39, 0.29) is 17.4 Å². The van der Waals surface area contributed by atoms with Gasteiger partial charge in [0.25, 0.3) is 5.56 Å². The van der Waals surface area contributed by atoms with Gasteiger partial charge >= 0.3 is 17.9 Å². The number of thiophene rings is 1. The Morgan fingerprint density at radius 1 is 1.20 bits per heavy atom. The first kappa shape index (κ1) is 21.0. The summed E-state index contributed by atoms with van der Waals surface area (Å²) in [5.41, 5.74) is -1.07. The number of halogens is 3. The third kappa shape index (κ3) is 3.52. The molecule has 164 valence electrons. The predicted molar refractivity (Wildman–Crippen MR) is 107 cm³/mol. The molecule has 4 rings (SSSR count). The molecular weight excluding hydrogens is 421 g/mol. The van der Waals surface area contributed by atoms with Gasteiger partial charge in [0.05, 0.1) is 23.9 Å². The van der Waals surface area contributed by atoms with Crippen LogP contribution in [0.25, 0.3) is 10.2 Å². The summed E-state index contributed by atoms with van der Waals surface area (Å²) in [6, 6.07) is -0.216. The fourth-order valence-corrected chi connectivity index (χ4v) is 5.38. The van der Waals surface area contributed by atoms with E-state index >= 15 is 0 Å². The first-order valence-corrected chi connectivity index (χ1v) is 10.8. The zero-order valence-electron chi connectivity index (χ0n) is 16.8. The Kier molecular flexibility index (Phi) is 4.99. The molecule has 1 saturated carbocycles. The molecule has 30 heavy (non-hydrogen) atoms. The molecule has 0 bridgehead atoms. The molecule has 1 N–H and O–H groups in total. The number of hydrogen-bond donors (Lipinski definition) is 1. The van der Waals surface area contributed by atoms with Crippen molar-refractivity contribution < 1.29 is 18.0 Å². The van der Waals surface area contributed by atoms with Crippen molar-refractivity contribution in [3.05, 3.63) is 31.3 Å². The monoisotopic (exact) mass is 444 g/mol. The second-order valence-electron chi connectivity index (χ2n) is 8.13. The summed E-state index contributed by atoms with van der Waals surface area (Å²) < 4.78 is 41.0. The largest absolute Gasteiger partial charge is 0.390 e. The zero-order valence-corrected chi connectivity index (χ0v) is 17.6. The maximum Gasteiger partial charge on any atom is 0.390 e. The van der Waals surface area contributed by atoms with Gasteiger partial charge in [0.2, 0.25) is 0 Å². The maximum absolute atomic E-state index is 13.3. The van der Waals surface area contributed by atoms with Gasteiger partial charge in [0, 0.05) is 24.5 Å². The fraction of sp³-hybridized carbons (Fsp3) is 0.632. The lowest BCUT2D eigenvalue weighted by atomic mass is 10.1. The molecule has 0 atom stereocenters. The van der Waals surface area contributed by atoms with Crippen LogP contribution in [0.3, 0.4) is 0 Å². The number of amides is 2. The summed E-state index contributed by atoms with van der Waals surface area (Å²) in [5.74, 6) is 0. The van der Waals surface area contributed by atoms with E-state index in [1.807, 2.05) is 6.92 Å². The minimum Gasteiger partial charge on any atom is -0.336 e. The van der Waals surface area contributed by atoms with E-state index in [1.54, 1.807) is 11.8 Å². The van der Waals surface area contributed by atoms with Crippen LogP contribution in [0.15, 0.2) is 9.59 Å².